The second-order valence-electron chi connectivity index (χ2n) is 7.19. The van der Waals surface area contributed by atoms with Gasteiger partial charge in [-0.1, -0.05) is 12.1 Å². The third kappa shape index (κ3) is 5.10. The Morgan fingerprint density at radius 2 is 2.00 bits per heavy atom. The summed E-state index contributed by atoms with van der Waals surface area (Å²) in [5.74, 6) is 0.0813. The van der Waals surface area contributed by atoms with Gasteiger partial charge in [0.05, 0.1) is 17.6 Å². The lowest BCUT2D eigenvalue weighted by Crippen LogP contribution is -2.15. The summed E-state index contributed by atoms with van der Waals surface area (Å²) in [6.45, 7) is 2.25. The van der Waals surface area contributed by atoms with Crippen LogP contribution in [0.25, 0.3) is 0 Å². The zero-order valence-corrected chi connectivity index (χ0v) is 16.1. The lowest BCUT2D eigenvalue weighted by Gasteiger charge is -2.13. The number of hydrogen-bond donors (Lipinski definition) is 2. The molecule has 2 aromatic carbocycles. The number of carbonyl (C=O) groups excluding carboxylic acids is 1. The number of rotatable bonds is 7. The van der Waals surface area contributed by atoms with E-state index in [4.69, 9.17) is 4.74 Å². The van der Waals surface area contributed by atoms with E-state index in [1.165, 1.54) is 12.1 Å². The first-order valence-corrected chi connectivity index (χ1v) is 9.59. The van der Waals surface area contributed by atoms with Gasteiger partial charge in [0.2, 0.25) is 0 Å². The summed E-state index contributed by atoms with van der Waals surface area (Å²) in [7, 11) is 0. The molecule has 5 nitrogen and oxygen atoms in total. The van der Waals surface area contributed by atoms with Crippen molar-refractivity contribution in [2.24, 2.45) is 0 Å². The fourth-order valence-corrected chi connectivity index (χ4v) is 2.90. The first-order valence-electron chi connectivity index (χ1n) is 9.59. The molecule has 0 radical (unpaired) electrons. The van der Waals surface area contributed by atoms with Crippen LogP contribution in [0, 0.1) is 12.7 Å². The minimum Gasteiger partial charge on any atom is -0.487 e. The van der Waals surface area contributed by atoms with Gasteiger partial charge < -0.3 is 15.4 Å². The van der Waals surface area contributed by atoms with E-state index < -0.39 is 0 Å². The Balaban J connectivity index is 1.44. The number of ether oxygens (including phenoxy) is 1. The second-order valence-corrected chi connectivity index (χ2v) is 7.19. The van der Waals surface area contributed by atoms with Crippen LogP contribution in [0.15, 0.2) is 60.8 Å². The number of carbonyl (C=O) groups is 1. The largest absolute Gasteiger partial charge is 0.487 e. The van der Waals surface area contributed by atoms with Gasteiger partial charge in [0.15, 0.2) is 0 Å². The van der Waals surface area contributed by atoms with Crippen molar-refractivity contribution in [2.45, 2.75) is 32.4 Å². The molecule has 6 heteroatoms. The molecule has 2 N–H and O–H groups in total. The van der Waals surface area contributed by atoms with Gasteiger partial charge in [-0.3, -0.25) is 9.78 Å². The first-order chi connectivity index (χ1) is 14.1. The average Bonchev–Trinajstić information content (AvgIpc) is 3.54. The Kier molecular flexibility index (Phi) is 5.42. The van der Waals surface area contributed by atoms with Crippen molar-refractivity contribution in [2.75, 3.05) is 10.6 Å². The van der Waals surface area contributed by atoms with Crippen LogP contribution in [0.3, 0.4) is 0 Å². The minimum atomic E-state index is -0.337. The monoisotopic (exact) mass is 391 g/mol. The molecular weight excluding hydrogens is 369 g/mol. The van der Waals surface area contributed by atoms with E-state index in [2.05, 4.69) is 15.6 Å². The number of anilines is 2. The first kappa shape index (κ1) is 18.9. The van der Waals surface area contributed by atoms with Crippen molar-refractivity contribution < 1.29 is 13.9 Å². The highest BCUT2D eigenvalue weighted by atomic mass is 19.1. The third-order valence-corrected chi connectivity index (χ3v) is 4.65. The molecule has 1 saturated carbocycles. The molecule has 1 aliphatic carbocycles. The maximum Gasteiger partial charge on any atom is 0.255 e. The normalized spacial score (nSPS) is 13.0. The van der Waals surface area contributed by atoms with Gasteiger partial charge in [0.25, 0.3) is 5.91 Å². The molecule has 0 saturated heterocycles. The molecule has 1 heterocycles. The van der Waals surface area contributed by atoms with Crippen LogP contribution in [0.2, 0.25) is 0 Å². The molecule has 3 aromatic rings. The quantitative estimate of drug-likeness (QED) is 0.599. The number of amides is 1. The van der Waals surface area contributed by atoms with E-state index in [0.717, 1.165) is 24.1 Å². The molecule has 1 aliphatic rings. The summed E-state index contributed by atoms with van der Waals surface area (Å²) < 4.78 is 19.3. The van der Waals surface area contributed by atoms with Crippen LogP contribution in [0.1, 0.15) is 34.5 Å². The van der Waals surface area contributed by atoms with E-state index in [1.54, 1.807) is 24.4 Å². The van der Waals surface area contributed by atoms with E-state index in [1.807, 2.05) is 31.2 Å². The van der Waals surface area contributed by atoms with Crippen molar-refractivity contribution in [3.63, 3.8) is 0 Å². The molecule has 0 unspecified atom stereocenters. The summed E-state index contributed by atoms with van der Waals surface area (Å²) in [5.41, 5.74) is 3.47. The summed E-state index contributed by atoms with van der Waals surface area (Å²) in [6.07, 6.45) is 3.79. The Morgan fingerprint density at radius 3 is 2.76 bits per heavy atom. The predicted molar refractivity (Wildman–Crippen MR) is 111 cm³/mol. The number of hydrogen-bond acceptors (Lipinski definition) is 4. The molecule has 1 fully saturated rings. The van der Waals surface area contributed by atoms with Gasteiger partial charge in [0.1, 0.15) is 18.2 Å². The Bertz CT molecular complexity index is 1020. The highest BCUT2D eigenvalue weighted by Crippen LogP contribution is 2.30. The minimum absolute atomic E-state index is 0.255. The SMILES string of the molecule is Cc1ccc(OCc2cccc(C(=O)Nc3ccc(F)cc3NC3CC3)c2)cn1. The summed E-state index contributed by atoms with van der Waals surface area (Å²) in [6, 6.07) is 15.7. The molecule has 148 valence electrons. The van der Waals surface area contributed by atoms with Crippen molar-refractivity contribution in [3.8, 4) is 5.75 Å². The second kappa shape index (κ2) is 8.31. The molecule has 29 heavy (non-hydrogen) atoms. The highest BCUT2D eigenvalue weighted by Gasteiger charge is 2.22. The van der Waals surface area contributed by atoms with Crippen LogP contribution in [-0.4, -0.2) is 16.9 Å². The van der Waals surface area contributed by atoms with Crippen molar-refractivity contribution in [1.82, 2.24) is 4.98 Å². The fourth-order valence-electron chi connectivity index (χ4n) is 2.90. The zero-order valence-electron chi connectivity index (χ0n) is 16.1. The van der Waals surface area contributed by atoms with Crippen LogP contribution in [-0.2, 0) is 6.61 Å². The third-order valence-electron chi connectivity index (χ3n) is 4.65. The van der Waals surface area contributed by atoms with Crippen LogP contribution in [0.5, 0.6) is 5.75 Å². The molecule has 0 spiro atoms. The maximum atomic E-state index is 13.6. The summed E-state index contributed by atoms with van der Waals surface area (Å²) >= 11 is 0. The zero-order chi connectivity index (χ0) is 20.2. The Labute approximate surface area is 168 Å². The molecular formula is C23H22FN3O2. The molecule has 0 atom stereocenters. The van der Waals surface area contributed by atoms with E-state index in [0.29, 0.717) is 35.3 Å². The molecule has 0 aliphatic heterocycles. The Morgan fingerprint density at radius 1 is 1.14 bits per heavy atom. The number of aryl methyl sites for hydroxylation is 1. The van der Waals surface area contributed by atoms with Crippen molar-refractivity contribution >= 4 is 17.3 Å². The van der Waals surface area contributed by atoms with Crippen LogP contribution in [0.4, 0.5) is 15.8 Å². The molecule has 1 aromatic heterocycles. The van der Waals surface area contributed by atoms with Crippen LogP contribution < -0.4 is 15.4 Å². The fraction of sp³-hybridized carbons (Fsp3) is 0.217. The number of benzene rings is 2. The van der Waals surface area contributed by atoms with Gasteiger partial charge in [-0.15, -0.1) is 0 Å². The number of halogens is 1. The molecule has 0 bridgehead atoms. The number of nitrogens with zero attached hydrogens (tertiary/aromatic N) is 1. The van der Waals surface area contributed by atoms with Gasteiger partial charge in [0, 0.05) is 17.3 Å². The average molecular weight is 391 g/mol. The van der Waals surface area contributed by atoms with Crippen molar-refractivity contribution in [1.29, 1.82) is 0 Å². The van der Waals surface area contributed by atoms with Gasteiger partial charge in [-0.05, 0) is 67.8 Å². The van der Waals surface area contributed by atoms with Gasteiger partial charge >= 0.3 is 0 Å². The lowest BCUT2D eigenvalue weighted by molar-refractivity contribution is 0.102. The number of pyridine rings is 1. The summed E-state index contributed by atoms with van der Waals surface area (Å²) in [4.78, 5) is 16.9. The smallest absolute Gasteiger partial charge is 0.255 e. The summed E-state index contributed by atoms with van der Waals surface area (Å²) in [5, 5.41) is 6.13. The predicted octanol–water partition coefficient (Wildman–Crippen LogP) is 4.93. The number of nitrogens with one attached hydrogen (secondary N) is 2. The molecule has 1 amide bonds. The van der Waals surface area contributed by atoms with Gasteiger partial charge in [-0.25, -0.2) is 4.39 Å². The molecule has 4 rings (SSSR count). The topological polar surface area (TPSA) is 63.2 Å². The van der Waals surface area contributed by atoms with E-state index in [9.17, 15) is 9.18 Å². The Hall–Kier alpha value is -3.41. The van der Waals surface area contributed by atoms with E-state index >= 15 is 0 Å². The number of aromatic nitrogens is 1. The van der Waals surface area contributed by atoms with Gasteiger partial charge in [-0.2, -0.15) is 0 Å². The van der Waals surface area contributed by atoms with E-state index in [-0.39, 0.29) is 11.7 Å². The standard InChI is InChI=1S/C23H22FN3O2/c1-15-5-9-20(13-25-15)29-14-16-3-2-4-17(11-16)23(28)27-21-10-6-18(24)12-22(21)26-19-7-8-19/h2-6,9-13,19,26H,7-8,14H2,1H3,(H,27,28). The lowest BCUT2D eigenvalue weighted by atomic mass is 10.1. The van der Waals surface area contributed by atoms with Crippen LogP contribution >= 0.6 is 0 Å². The van der Waals surface area contributed by atoms with Crippen molar-refractivity contribution in [3.05, 3.63) is 83.4 Å². The highest BCUT2D eigenvalue weighted by molar-refractivity contribution is 6.06. The maximum absolute atomic E-state index is 13.6.